The summed E-state index contributed by atoms with van der Waals surface area (Å²) in [6.07, 6.45) is 3.48. The Bertz CT molecular complexity index is 1360. The predicted octanol–water partition coefficient (Wildman–Crippen LogP) is 4.93. The number of hydrogen-bond donors (Lipinski definition) is 1. The lowest BCUT2D eigenvalue weighted by molar-refractivity contribution is 0.373. The zero-order valence-electron chi connectivity index (χ0n) is 16.9. The number of para-hydroxylation sites is 1. The molecule has 31 heavy (non-hydrogen) atoms. The summed E-state index contributed by atoms with van der Waals surface area (Å²) < 4.78 is 11.8. The molecule has 0 saturated heterocycles. The van der Waals surface area contributed by atoms with Crippen molar-refractivity contribution < 1.29 is 14.6 Å². The van der Waals surface area contributed by atoms with Gasteiger partial charge in [0.05, 0.1) is 35.8 Å². The van der Waals surface area contributed by atoms with E-state index in [9.17, 15) is 9.90 Å². The molecule has 6 nitrogen and oxygen atoms in total. The molecule has 0 unspecified atom stereocenters. The molecule has 0 amide bonds. The summed E-state index contributed by atoms with van der Waals surface area (Å²) >= 11 is 6.30. The van der Waals surface area contributed by atoms with Gasteiger partial charge < -0.3 is 14.6 Å². The van der Waals surface area contributed by atoms with E-state index in [-0.39, 0.29) is 11.3 Å². The number of benzene rings is 3. The average Bonchev–Trinajstić information content (AvgIpc) is 2.78. The summed E-state index contributed by atoms with van der Waals surface area (Å²) in [6.45, 7) is 0. The van der Waals surface area contributed by atoms with Gasteiger partial charge in [-0.05, 0) is 54.1 Å². The minimum Gasteiger partial charge on any atom is -0.504 e. The SMILES string of the molecule is COc1ccc(C=Cc2nc3ccccc3c(=O)n2-c2ccc(OC)c(Cl)c2)cc1O. The summed E-state index contributed by atoms with van der Waals surface area (Å²) in [5.74, 6) is 1.33. The monoisotopic (exact) mass is 434 g/mol. The van der Waals surface area contributed by atoms with Crippen LogP contribution in [-0.2, 0) is 0 Å². The van der Waals surface area contributed by atoms with Crippen LogP contribution in [0.15, 0.2) is 65.5 Å². The molecule has 156 valence electrons. The third-order valence-electron chi connectivity index (χ3n) is 4.82. The maximum absolute atomic E-state index is 13.3. The third kappa shape index (κ3) is 3.98. The quantitative estimate of drug-likeness (QED) is 0.482. The summed E-state index contributed by atoms with van der Waals surface area (Å²) in [7, 11) is 3.02. The van der Waals surface area contributed by atoms with Gasteiger partial charge in [-0.3, -0.25) is 9.36 Å². The standard InChI is InChI=1S/C24H19ClN2O4/c1-30-21-11-9-16(14-18(21)25)27-23(26-19-6-4-3-5-17(19)24(27)29)12-8-15-7-10-22(31-2)20(28)13-15/h3-14,28H,1-2H3. The molecule has 0 fully saturated rings. The number of ether oxygens (including phenoxy) is 2. The van der Waals surface area contributed by atoms with Crippen molar-refractivity contribution >= 4 is 34.7 Å². The van der Waals surface area contributed by atoms with Gasteiger partial charge in [-0.15, -0.1) is 0 Å². The minimum absolute atomic E-state index is 0.0236. The molecule has 0 aliphatic rings. The van der Waals surface area contributed by atoms with E-state index in [1.807, 2.05) is 6.07 Å². The molecule has 4 aromatic rings. The zero-order chi connectivity index (χ0) is 22.0. The van der Waals surface area contributed by atoms with Gasteiger partial charge in [0, 0.05) is 0 Å². The Labute approximate surface area is 183 Å². The molecule has 1 heterocycles. The van der Waals surface area contributed by atoms with Gasteiger partial charge >= 0.3 is 0 Å². The van der Waals surface area contributed by atoms with Crippen LogP contribution >= 0.6 is 11.6 Å². The van der Waals surface area contributed by atoms with Crippen molar-refractivity contribution in [3.63, 3.8) is 0 Å². The Kier molecular flexibility index (Phi) is 5.64. The predicted molar refractivity (Wildman–Crippen MR) is 122 cm³/mol. The van der Waals surface area contributed by atoms with Gasteiger partial charge in [0.25, 0.3) is 5.56 Å². The molecule has 0 atom stereocenters. The van der Waals surface area contributed by atoms with Gasteiger partial charge in [-0.2, -0.15) is 0 Å². The van der Waals surface area contributed by atoms with Gasteiger partial charge in [0.1, 0.15) is 11.6 Å². The van der Waals surface area contributed by atoms with Crippen molar-refractivity contribution in [2.24, 2.45) is 0 Å². The largest absolute Gasteiger partial charge is 0.504 e. The first-order valence-corrected chi connectivity index (χ1v) is 9.80. The Morgan fingerprint density at radius 2 is 1.71 bits per heavy atom. The smallest absolute Gasteiger partial charge is 0.266 e. The topological polar surface area (TPSA) is 73.6 Å². The highest BCUT2D eigenvalue weighted by Crippen LogP contribution is 2.28. The number of hydrogen-bond acceptors (Lipinski definition) is 5. The number of methoxy groups -OCH3 is 2. The second kappa shape index (κ2) is 8.53. The molecule has 1 aromatic heterocycles. The minimum atomic E-state index is -0.218. The van der Waals surface area contributed by atoms with Crippen molar-refractivity contribution in [1.82, 2.24) is 9.55 Å². The van der Waals surface area contributed by atoms with Gasteiger partial charge in [-0.25, -0.2) is 4.98 Å². The van der Waals surface area contributed by atoms with Crippen LogP contribution in [0.3, 0.4) is 0 Å². The molecule has 0 aliphatic carbocycles. The van der Waals surface area contributed by atoms with Gasteiger partial charge in [-0.1, -0.05) is 35.9 Å². The number of fused-ring (bicyclic) bond motifs is 1. The third-order valence-corrected chi connectivity index (χ3v) is 5.12. The lowest BCUT2D eigenvalue weighted by Crippen LogP contribution is -2.22. The van der Waals surface area contributed by atoms with Gasteiger partial charge in [0.15, 0.2) is 11.5 Å². The maximum Gasteiger partial charge on any atom is 0.266 e. The molecule has 0 bridgehead atoms. The van der Waals surface area contributed by atoms with Crippen LogP contribution in [0, 0.1) is 0 Å². The second-order valence-electron chi connectivity index (χ2n) is 6.71. The van der Waals surface area contributed by atoms with Crippen molar-refractivity contribution in [1.29, 1.82) is 0 Å². The second-order valence-corrected chi connectivity index (χ2v) is 7.12. The first-order valence-electron chi connectivity index (χ1n) is 9.42. The first kappa shape index (κ1) is 20.5. The number of rotatable bonds is 5. The fraction of sp³-hybridized carbons (Fsp3) is 0.0833. The number of halogens is 1. The molecule has 0 spiro atoms. The van der Waals surface area contributed by atoms with Crippen LogP contribution in [0.1, 0.15) is 11.4 Å². The molecule has 1 N–H and O–H groups in total. The molecular weight excluding hydrogens is 416 g/mol. The van der Waals surface area contributed by atoms with E-state index < -0.39 is 0 Å². The Morgan fingerprint density at radius 3 is 2.42 bits per heavy atom. The number of phenols is 1. The van der Waals surface area contributed by atoms with Crippen LogP contribution in [0.2, 0.25) is 5.02 Å². The molecule has 0 aliphatic heterocycles. The van der Waals surface area contributed by atoms with Crippen LogP contribution in [0.4, 0.5) is 0 Å². The van der Waals surface area contributed by atoms with Crippen LogP contribution in [0.5, 0.6) is 17.2 Å². The highest BCUT2D eigenvalue weighted by atomic mass is 35.5. The highest BCUT2D eigenvalue weighted by Gasteiger charge is 2.13. The van der Waals surface area contributed by atoms with E-state index in [4.69, 9.17) is 21.1 Å². The zero-order valence-corrected chi connectivity index (χ0v) is 17.6. The number of aromatic hydroxyl groups is 1. The van der Waals surface area contributed by atoms with E-state index in [2.05, 4.69) is 4.98 Å². The lowest BCUT2D eigenvalue weighted by atomic mass is 10.1. The van der Waals surface area contributed by atoms with E-state index in [0.29, 0.717) is 38.9 Å². The average molecular weight is 435 g/mol. The molecule has 0 radical (unpaired) electrons. The molecule has 4 rings (SSSR count). The van der Waals surface area contributed by atoms with Crippen molar-refractivity contribution in [3.05, 3.63) is 87.4 Å². The number of phenolic OH excluding ortho intramolecular Hbond substituents is 1. The molecule has 3 aromatic carbocycles. The Balaban J connectivity index is 1.89. The van der Waals surface area contributed by atoms with E-state index >= 15 is 0 Å². The fourth-order valence-corrected chi connectivity index (χ4v) is 3.54. The molecular formula is C24H19ClN2O4. The van der Waals surface area contributed by atoms with Gasteiger partial charge in [0.2, 0.25) is 0 Å². The van der Waals surface area contributed by atoms with Crippen LogP contribution in [0.25, 0.3) is 28.7 Å². The van der Waals surface area contributed by atoms with Crippen molar-refractivity contribution in [2.45, 2.75) is 0 Å². The van der Waals surface area contributed by atoms with E-state index in [1.54, 1.807) is 66.7 Å². The lowest BCUT2D eigenvalue weighted by Gasteiger charge is -2.13. The highest BCUT2D eigenvalue weighted by molar-refractivity contribution is 6.32. The summed E-state index contributed by atoms with van der Waals surface area (Å²) in [5.41, 5.74) is 1.65. The normalized spacial score (nSPS) is 11.2. The van der Waals surface area contributed by atoms with Crippen molar-refractivity contribution in [2.75, 3.05) is 14.2 Å². The Hall–Kier alpha value is -3.77. The maximum atomic E-state index is 13.3. The number of aromatic nitrogens is 2. The summed E-state index contributed by atoms with van der Waals surface area (Å²) in [4.78, 5) is 18.0. The van der Waals surface area contributed by atoms with Crippen LogP contribution in [-0.4, -0.2) is 28.9 Å². The van der Waals surface area contributed by atoms with Crippen molar-refractivity contribution in [3.8, 4) is 22.9 Å². The fourth-order valence-electron chi connectivity index (χ4n) is 3.29. The number of nitrogens with zero attached hydrogens (tertiary/aromatic N) is 2. The molecule has 0 saturated carbocycles. The molecule has 7 heteroatoms. The van der Waals surface area contributed by atoms with Crippen LogP contribution < -0.4 is 15.0 Å². The summed E-state index contributed by atoms with van der Waals surface area (Å²) in [6, 6.07) is 17.3. The van der Waals surface area contributed by atoms with E-state index in [1.165, 1.54) is 18.8 Å². The summed E-state index contributed by atoms with van der Waals surface area (Å²) in [5, 5.41) is 10.9. The Morgan fingerprint density at radius 1 is 0.968 bits per heavy atom. The first-order chi connectivity index (χ1) is 15.0. The van der Waals surface area contributed by atoms with E-state index in [0.717, 1.165) is 5.56 Å².